The largest absolute Gasteiger partial charge is 0.393 e. The number of aliphatic hydroxyl groups is 1. The quantitative estimate of drug-likeness (QED) is 0.869. The minimum atomic E-state index is -0.155. The first-order valence-electron chi connectivity index (χ1n) is 6.95. The van der Waals surface area contributed by atoms with Gasteiger partial charge in [0.05, 0.1) is 16.5 Å². The van der Waals surface area contributed by atoms with Crippen LogP contribution in [0.25, 0.3) is 0 Å². The Hall–Kier alpha value is -0.390. The highest BCUT2D eigenvalue weighted by atomic mass is 35.5. The molecule has 3 atom stereocenters. The van der Waals surface area contributed by atoms with Gasteiger partial charge in [-0.3, -0.25) is 0 Å². The lowest BCUT2D eigenvalue weighted by Gasteiger charge is -2.30. The monoisotopic (exact) mass is 327 g/mol. The van der Waals surface area contributed by atoms with E-state index in [0.717, 1.165) is 30.0 Å². The van der Waals surface area contributed by atoms with Gasteiger partial charge in [-0.25, -0.2) is 0 Å². The van der Waals surface area contributed by atoms with Crippen molar-refractivity contribution in [2.45, 2.75) is 43.9 Å². The lowest BCUT2D eigenvalue weighted by Crippen LogP contribution is -2.38. The van der Waals surface area contributed by atoms with E-state index in [0.29, 0.717) is 6.04 Å². The zero-order valence-electron chi connectivity index (χ0n) is 11.1. The molecular formula is C15H18ClNOS2. The van der Waals surface area contributed by atoms with Crippen LogP contribution in [0.4, 0.5) is 0 Å². The molecule has 2 heterocycles. The molecule has 0 aliphatic heterocycles. The van der Waals surface area contributed by atoms with Gasteiger partial charge in [0.25, 0.3) is 0 Å². The van der Waals surface area contributed by atoms with E-state index in [1.807, 2.05) is 6.07 Å². The molecule has 0 bridgehead atoms. The van der Waals surface area contributed by atoms with Gasteiger partial charge in [0.15, 0.2) is 0 Å². The fraction of sp³-hybridized carbons (Fsp3) is 0.467. The summed E-state index contributed by atoms with van der Waals surface area (Å²) in [6.45, 7) is 0. The summed E-state index contributed by atoms with van der Waals surface area (Å²) in [5.74, 6) is 0. The van der Waals surface area contributed by atoms with Crippen molar-refractivity contribution in [1.82, 2.24) is 5.32 Å². The fourth-order valence-electron chi connectivity index (χ4n) is 2.79. The van der Waals surface area contributed by atoms with E-state index in [1.165, 1.54) is 9.75 Å². The first kappa shape index (κ1) is 14.5. The molecule has 3 rings (SSSR count). The maximum absolute atomic E-state index is 9.84. The molecule has 2 aromatic rings. The van der Waals surface area contributed by atoms with Crippen LogP contribution in [0.3, 0.4) is 0 Å². The van der Waals surface area contributed by atoms with Crippen molar-refractivity contribution in [2.24, 2.45) is 0 Å². The molecule has 2 aromatic heterocycles. The van der Waals surface area contributed by atoms with Gasteiger partial charge in [0.1, 0.15) is 0 Å². The minimum Gasteiger partial charge on any atom is -0.393 e. The number of aliphatic hydroxyl groups excluding tert-OH is 1. The van der Waals surface area contributed by atoms with E-state index >= 15 is 0 Å². The normalized spacial score (nSPS) is 24.7. The van der Waals surface area contributed by atoms with Gasteiger partial charge in [0, 0.05) is 15.8 Å². The Balaban J connectivity index is 1.79. The van der Waals surface area contributed by atoms with Crippen molar-refractivity contribution in [1.29, 1.82) is 0 Å². The molecular weight excluding hydrogens is 310 g/mol. The van der Waals surface area contributed by atoms with Crippen LogP contribution in [0.15, 0.2) is 29.6 Å². The van der Waals surface area contributed by atoms with Crippen molar-refractivity contribution in [3.63, 3.8) is 0 Å². The van der Waals surface area contributed by atoms with Crippen molar-refractivity contribution < 1.29 is 5.11 Å². The molecule has 0 amide bonds. The summed E-state index contributed by atoms with van der Waals surface area (Å²) < 4.78 is 0.826. The van der Waals surface area contributed by atoms with E-state index in [9.17, 15) is 5.11 Å². The van der Waals surface area contributed by atoms with Crippen molar-refractivity contribution >= 4 is 34.3 Å². The second kappa shape index (κ2) is 6.58. The average Bonchev–Trinajstić information content (AvgIpc) is 3.07. The lowest BCUT2D eigenvalue weighted by atomic mass is 9.92. The second-order valence-electron chi connectivity index (χ2n) is 5.27. The average molecular weight is 328 g/mol. The van der Waals surface area contributed by atoms with Crippen molar-refractivity contribution in [2.75, 3.05) is 0 Å². The third-order valence-electron chi connectivity index (χ3n) is 3.76. The Kier molecular flexibility index (Phi) is 4.79. The minimum absolute atomic E-state index is 0.155. The molecule has 1 saturated carbocycles. The van der Waals surface area contributed by atoms with Gasteiger partial charge >= 0.3 is 0 Å². The fourth-order valence-corrected chi connectivity index (χ4v) is 4.81. The summed E-state index contributed by atoms with van der Waals surface area (Å²) >= 11 is 9.48. The van der Waals surface area contributed by atoms with Crippen LogP contribution in [-0.4, -0.2) is 17.3 Å². The summed E-state index contributed by atoms with van der Waals surface area (Å²) in [4.78, 5) is 2.56. The van der Waals surface area contributed by atoms with Gasteiger partial charge in [-0.05, 0) is 49.3 Å². The molecule has 108 valence electrons. The van der Waals surface area contributed by atoms with Crippen LogP contribution >= 0.6 is 34.3 Å². The Morgan fingerprint density at radius 1 is 1.25 bits per heavy atom. The summed E-state index contributed by atoms with van der Waals surface area (Å²) in [6, 6.07) is 8.88. The van der Waals surface area contributed by atoms with E-state index in [2.05, 4.69) is 28.9 Å². The Morgan fingerprint density at radius 3 is 2.80 bits per heavy atom. The molecule has 0 radical (unpaired) electrons. The predicted molar refractivity (Wildman–Crippen MR) is 86.9 cm³/mol. The van der Waals surface area contributed by atoms with Gasteiger partial charge in [-0.1, -0.05) is 17.7 Å². The lowest BCUT2D eigenvalue weighted by molar-refractivity contribution is 0.110. The molecule has 5 heteroatoms. The van der Waals surface area contributed by atoms with Crippen LogP contribution in [0.2, 0.25) is 4.34 Å². The highest BCUT2D eigenvalue weighted by Crippen LogP contribution is 2.34. The third-order valence-corrected chi connectivity index (χ3v) is 5.99. The molecule has 1 aliphatic rings. The van der Waals surface area contributed by atoms with Crippen LogP contribution in [0.5, 0.6) is 0 Å². The summed E-state index contributed by atoms with van der Waals surface area (Å²) in [5, 5.41) is 15.7. The number of hydrogen-bond donors (Lipinski definition) is 2. The van der Waals surface area contributed by atoms with Crippen LogP contribution in [-0.2, 0) is 0 Å². The number of thiophene rings is 2. The second-order valence-corrected chi connectivity index (χ2v) is 8.00. The maximum Gasteiger partial charge on any atom is 0.0931 e. The zero-order chi connectivity index (χ0) is 13.9. The molecule has 0 spiro atoms. The molecule has 0 aromatic carbocycles. The third kappa shape index (κ3) is 3.43. The van der Waals surface area contributed by atoms with Gasteiger partial charge < -0.3 is 10.4 Å². The maximum atomic E-state index is 9.84. The van der Waals surface area contributed by atoms with Gasteiger partial charge in [0.2, 0.25) is 0 Å². The topological polar surface area (TPSA) is 32.3 Å². The Morgan fingerprint density at radius 2 is 2.15 bits per heavy atom. The highest BCUT2D eigenvalue weighted by molar-refractivity contribution is 7.16. The van der Waals surface area contributed by atoms with Crippen molar-refractivity contribution in [3.05, 3.63) is 43.7 Å². The molecule has 2 N–H and O–H groups in total. The van der Waals surface area contributed by atoms with E-state index in [1.54, 1.807) is 22.7 Å². The number of hydrogen-bond acceptors (Lipinski definition) is 4. The van der Waals surface area contributed by atoms with Gasteiger partial charge in [-0.15, -0.1) is 22.7 Å². The van der Waals surface area contributed by atoms with E-state index in [4.69, 9.17) is 11.6 Å². The number of nitrogens with one attached hydrogen (secondary N) is 1. The standard InChI is InChI=1S/C15H18ClNOS2/c16-14-7-6-13(20-14)15(12-5-2-8-19-12)17-10-3-1-4-11(18)9-10/h2,5-8,10-11,15,17-18H,1,3-4,9H2. The predicted octanol–water partition coefficient (Wildman–Crippen LogP) is 4.45. The summed E-state index contributed by atoms with van der Waals surface area (Å²) in [6.07, 6.45) is 3.87. The molecule has 2 nitrogen and oxygen atoms in total. The van der Waals surface area contributed by atoms with E-state index in [-0.39, 0.29) is 12.1 Å². The van der Waals surface area contributed by atoms with Crippen LogP contribution in [0.1, 0.15) is 41.5 Å². The first-order valence-corrected chi connectivity index (χ1v) is 9.02. The number of halogens is 1. The van der Waals surface area contributed by atoms with Gasteiger partial charge in [-0.2, -0.15) is 0 Å². The van der Waals surface area contributed by atoms with Crippen molar-refractivity contribution in [3.8, 4) is 0 Å². The first-order chi connectivity index (χ1) is 9.72. The highest BCUT2D eigenvalue weighted by Gasteiger charge is 2.25. The van der Waals surface area contributed by atoms with Crippen LogP contribution in [0, 0.1) is 0 Å². The molecule has 20 heavy (non-hydrogen) atoms. The Labute approximate surface area is 132 Å². The summed E-state index contributed by atoms with van der Waals surface area (Å²) in [7, 11) is 0. The smallest absolute Gasteiger partial charge is 0.0931 e. The zero-order valence-corrected chi connectivity index (χ0v) is 13.5. The molecule has 1 fully saturated rings. The Bertz CT molecular complexity index is 540. The van der Waals surface area contributed by atoms with Crippen LogP contribution < -0.4 is 5.32 Å². The molecule has 0 saturated heterocycles. The molecule has 1 aliphatic carbocycles. The SMILES string of the molecule is OC1CCCC(NC(c2cccs2)c2ccc(Cl)s2)C1. The van der Waals surface area contributed by atoms with E-state index < -0.39 is 0 Å². The summed E-state index contributed by atoms with van der Waals surface area (Å²) in [5.41, 5.74) is 0. The molecule has 3 unspecified atom stereocenters. The number of rotatable bonds is 4.